The molecule has 0 saturated carbocycles. The zero-order chi connectivity index (χ0) is 13.0. The zero-order valence-corrected chi connectivity index (χ0v) is 11.9. The molecule has 2 aromatic rings. The lowest BCUT2D eigenvalue weighted by atomic mass is 10.1. The van der Waals surface area contributed by atoms with Gasteiger partial charge in [0.2, 0.25) is 0 Å². The molecule has 0 fully saturated rings. The quantitative estimate of drug-likeness (QED) is 0.839. The molecule has 18 heavy (non-hydrogen) atoms. The fourth-order valence-corrected chi connectivity index (χ4v) is 2.74. The molecule has 1 heterocycles. The van der Waals surface area contributed by atoms with Crippen LogP contribution in [0.2, 0.25) is 0 Å². The number of thioether (sulfide) groups is 1. The van der Waals surface area contributed by atoms with Crippen LogP contribution in [0.1, 0.15) is 24.4 Å². The van der Waals surface area contributed by atoms with Gasteiger partial charge in [-0.1, -0.05) is 25.1 Å². The number of hydrogen-bond donors (Lipinski definition) is 1. The summed E-state index contributed by atoms with van der Waals surface area (Å²) in [6, 6.07) is 8.65. The third kappa shape index (κ3) is 2.60. The average Bonchev–Trinajstić information content (AvgIpc) is 2.82. The van der Waals surface area contributed by atoms with Gasteiger partial charge in [-0.3, -0.25) is 0 Å². The van der Waals surface area contributed by atoms with Crippen molar-refractivity contribution < 1.29 is 0 Å². The predicted molar refractivity (Wildman–Crippen MR) is 77.0 cm³/mol. The van der Waals surface area contributed by atoms with Crippen LogP contribution < -0.4 is 5.32 Å². The third-order valence-electron chi connectivity index (χ3n) is 2.97. The van der Waals surface area contributed by atoms with E-state index in [2.05, 4.69) is 52.3 Å². The zero-order valence-electron chi connectivity index (χ0n) is 11.1. The van der Waals surface area contributed by atoms with Gasteiger partial charge in [-0.25, -0.2) is 4.98 Å². The Hall–Kier alpha value is -1.26. The van der Waals surface area contributed by atoms with Crippen molar-refractivity contribution in [1.82, 2.24) is 14.9 Å². The van der Waals surface area contributed by atoms with E-state index in [-0.39, 0.29) is 6.04 Å². The Labute approximate surface area is 113 Å². The molecule has 1 unspecified atom stereocenters. The maximum absolute atomic E-state index is 4.48. The molecule has 96 valence electrons. The van der Waals surface area contributed by atoms with Crippen LogP contribution in [0.25, 0.3) is 0 Å². The second kappa shape index (κ2) is 6.07. The number of benzene rings is 1. The molecule has 0 aliphatic rings. The molecular weight excluding hydrogens is 242 g/mol. The first-order valence-corrected chi connectivity index (χ1v) is 7.34. The molecule has 0 saturated heterocycles. The van der Waals surface area contributed by atoms with Gasteiger partial charge in [-0.15, -0.1) is 11.8 Å². The third-order valence-corrected chi connectivity index (χ3v) is 3.79. The lowest BCUT2D eigenvalue weighted by molar-refractivity contribution is 0.570. The molecule has 0 amide bonds. The van der Waals surface area contributed by atoms with E-state index in [9.17, 15) is 0 Å². The second-order valence-corrected chi connectivity index (χ2v) is 4.98. The highest BCUT2D eigenvalue weighted by Crippen LogP contribution is 2.29. The second-order valence-electron chi connectivity index (χ2n) is 4.13. The minimum absolute atomic E-state index is 0.152. The minimum Gasteiger partial charge on any atom is -0.336 e. The van der Waals surface area contributed by atoms with E-state index in [1.54, 1.807) is 11.8 Å². The van der Waals surface area contributed by atoms with Gasteiger partial charge in [0.1, 0.15) is 5.82 Å². The van der Waals surface area contributed by atoms with Crippen molar-refractivity contribution in [3.8, 4) is 0 Å². The summed E-state index contributed by atoms with van der Waals surface area (Å²) in [6.45, 7) is 3.04. The number of rotatable bonds is 5. The van der Waals surface area contributed by atoms with Crippen LogP contribution in [0, 0.1) is 0 Å². The van der Waals surface area contributed by atoms with Crippen LogP contribution in [-0.4, -0.2) is 22.4 Å². The normalized spacial score (nSPS) is 12.6. The monoisotopic (exact) mass is 261 g/mol. The Morgan fingerprint density at radius 3 is 2.78 bits per heavy atom. The summed E-state index contributed by atoms with van der Waals surface area (Å²) in [7, 11) is 2.04. The van der Waals surface area contributed by atoms with E-state index < -0.39 is 0 Å². The van der Waals surface area contributed by atoms with Gasteiger partial charge in [0.15, 0.2) is 0 Å². The highest BCUT2D eigenvalue weighted by molar-refractivity contribution is 7.98. The molecule has 1 atom stereocenters. The van der Waals surface area contributed by atoms with Gasteiger partial charge in [-0.2, -0.15) is 0 Å². The van der Waals surface area contributed by atoms with E-state index in [1.165, 1.54) is 10.5 Å². The van der Waals surface area contributed by atoms with E-state index in [4.69, 9.17) is 0 Å². The van der Waals surface area contributed by atoms with Crippen molar-refractivity contribution in [2.75, 3.05) is 12.8 Å². The first-order chi connectivity index (χ1) is 8.77. The fourth-order valence-electron chi connectivity index (χ4n) is 2.10. The Kier molecular flexibility index (Phi) is 4.44. The summed E-state index contributed by atoms with van der Waals surface area (Å²) < 4.78 is 2.07. The molecule has 4 heteroatoms. The summed E-state index contributed by atoms with van der Waals surface area (Å²) in [4.78, 5) is 5.78. The minimum atomic E-state index is 0.152. The number of imidazole rings is 1. The van der Waals surface area contributed by atoms with Crippen molar-refractivity contribution in [3.05, 3.63) is 48.0 Å². The van der Waals surface area contributed by atoms with Crippen LogP contribution in [0.4, 0.5) is 0 Å². The lowest BCUT2D eigenvalue weighted by Crippen LogP contribution is -2.25. The number of nitrogens with zero attached hydrogens (tertiary/aromatic N) is 2. The largest absolute Gasteiger partial charge is 0.336 e. The predicted octanol–water partition coefficient (Wildman–Crippen LogP) is 2.84. The maximum Gasteiger partial charge on any atom is 0.130 e. The maximum atomic E-state index is 4.48. The molecule has 1 aromatic carbocycles. The van der Waals surface area contributed by atoms with Gasteiger partial charge >= 0.3 is 0 Å². The Morgan fingerprint density at radius 1 is 1.39 bits per heavy atom. The van der Waals surface area contributed by atoms with Crippen molar-refractivity contribution in [3.63, 3.8) is 0 Å². The van der Waals surface area contributed by atoms with Gasteiger partial charge in [-0.05, 0) is 24.4 Å². The van der Waals surface area contributed by atoms with Crippen LogP contribution in [0.15, 0.2) is 41.6 Å². The molecular formula is C14H19N3S. The number of aromatic nitrogens is 2. The SMILES string of the molecule is CCNC(c1ccccc1SC)c1nccn1C. The molecule has 0 aliphatic heterocycles. The van der Waals surface area contributed by atoms with E-state index in [0.717, 1.165) is 12.4 Å². The van der Waals surface area contributed by atoms with E-state index in [1.807, 2.05) is 19.4 Å². The van der Waals surface area contributed by atoms with Crippen molar-refractivity contribution in [2.45, 2.75) is 17.9 Å². The Bertz CT molecular complexity index is 507. The highest BCUT2D eigenvalue weighted by atomic mass is 32.2. The molecule has 2 rings (SSSR count). The number of aryl methyl sites for hydroxylation is 1. The Balaban J connectivity index is 2.45. The fraction of sp³-hybridized carbons (Fsp3) is 0.357. The standard InChI is InChI=1S/C14H19N3S/c1-4-15-13(14-16-9-10-17(14)2)11-7-5-6-8-12(11)18-3/h5-10,13,15H,4H2,1-3H3. The lowest BCUT2D eigenvalue weighted by Gasteiger charge is -2.20. The van der Waals surface area contributed by atoms with Crippen LogP contribution >= 0.6 is 11.8 Å². The molecule has 0 aliphatic carbocycles. The summed E-state index contributed by atoms with van der Waals surface area (Å²) in [5.74, 6) is 1.05. The van der Waals surface area contributed by atoms with Crippen molar-refractivity contribution in [2.24, 2.45) is 7.05 Å². The first kappa shape index (κ1) is 13.2. The van der Waals surface area contributed by atoms with Gasteiger partial charge in [0.25, 0.3) is 0 Å². The molecule has 1 aromatic heterocycles. The Morgan fingerprint density at radius 2 is 2.17 bits per heavy atom. The van der Waals surface area contributed by atoms with E-state index in [0.29, 0.717) is 0 Å². The van der Waals surface area contributed by atoms with Gasteiger partial charge in [0.05, 0.1) is 6.04 Å². The molecule has 3 nitrogen and oxygen atoms in total. The summed E-state index contributed by atoms with van der Waals surface area (Å²) >= 11 is 1.78. The molecule has 0 radical (unpaired) electrons. The molecule has 0 spiro atoms. The van der Waals surface area contributed by atoms with Gasteiger partial charge in [0, 0.05) is 24.3 Å². The number of nitrogens with one attached hydrogen (secondary N) is 1. The smallest absolute Gasteiger partial charge is 0.130 e. The van der Waals surface area contributed by atoms with Crippen molar-refractivity contribution >= 4 is 11.8 Å². The summed E-state index contributed by atoms with van der Waals surface area (Å²) in [6.07, 6.45) is 5.95. The van der Waals surface area contributed by atoms with Crippen molar-refractivity contribution in [1.29, 1.82) is 0 Å². The number of hydrogen-bond acceptors (Lipinski definition) is 3. The first-order valence-electron chi connectivity index (χ1n) is 6.11. The van der Waals surface area contributed by atoms with E-state index >= 15 is 0 Å². The van der Waals surface area contributed by atoms with Crippen LogP contribution in [-0.2, 0) is 7.05 Å². The highest BCUT2D eigenvalue weighted by Gasteiger charge is 2.19. The van der Waals surface area contributed by atoms with Crippen LogP contribution in [0.5, 0.6) is 0 Å². The summed E-state index contributed by atoms with van der Waals surface area (Å²) in [5, 5.41) is 3.52. The van der Waals surface area contributed by atoms with Crippen LogP contribution in [0.3, 0.4) is 0 Å². The molecule has 0 bridgehead atoms. The summed E-state index contributed by atoms with van der Waals surface area (Å²) in [5.41, 5.74) is 1.29. The average molecular weight is 261 g/mol. The van der Waals surface area contributed by atoms with Gasteiger partial charge < -0.3 is 9.88 Å². The topological polar surface area (TPSA) is 29.9 Å². The molecule has 1 N–H and O–H groups in total.